The van der Waals surface area contributed by atoms with Crippen molar-refractivity contribution in [3.8, 4) is 22.1 Å². The number of hydrogen-bond donors (Lipinski definition) is 1. The number of halogens is 1. The number of rotatable bonds is 8. The maximum Gasteiger partial charge on any atom is 0.291 e. The van der Waals surface area contributed by atoms with Crippen molar-refractivity contribution in [3.63, 3.8) is 0 Å². The van der Waals surface area contributed by atoms with Gasteiger partial charge in [-0.3, -0.25) is 4.79 Å². The molecule has 0 aliphatic heterocycles. The van der Waals surface area contributed by atoms with Crippen LogP contribution in [0.4, 0.5) is 0 Å². The third kappa shape index (κ3) is 5.17. The van der Waals surface area contributed by atoms with Crippen LogP contribution in [0.15, 0.2) is 47.6 Å². The lowest BCUT2D eigenvalue weighted by Crippen LogP contribution is -2.19. The van der Waals surface area contributed by atoms with E-state index < -0.39 is 0 Å². The van der Waals surface area contributed by atoms with Gasteiger partial charge >= 0.3 is 0 Å². The standard InChI is InChI=1S/C22H22ClN3O3S/c1-4-28-18-12-15(11-17(23)20(18)29-5-2)13-24-26-21(27)19-14(3)30-22(25-19)16-9-7-6-8-10-16/h6-13H,4-5H2,1-3H3,(H,26,27)/b24-13-. The van der Waals surface area contributed by atoms with Gasteiger partial charge in [0.1, 0.15) is 10.7 Å². The molecule has 0 saturated heterocycles. The molecule has 0 atom stereocenters. The van der Waals surface area contributed by atoms with E-state index in [2.05, 4.69) is 15.5 Å². The number of benzene rings is 2. The summed E-state index contributed by atoms with van der Waals surface area (Å²) in [5, 5.41) is 5.25. The van der Waals surface area contributed by atoms with Gasteiger partial charge in [-0.25, -0.2) is 10.4 Å². The van der Waals surface area contributed by atoms with Crippen LogP contribution in [-0.2, 0) is 0 Å². The highest BCUT2D eigenvalue weighted by Gasteiger charge is 2.16. The topological polar surface area (TPSA) is 72.8 Å². The lowest BCUT2D eigenvalue weighted by atomic mass is 10.2. The highest BCUT2D eigenvalue weighted by molar-refractivity contribution is 7.15. The number of hydrazone groups is 1. The summed E-state index contributed by atoms with van der Waals surface area (Å²) in [7, 11) is 0. The van der Waals surface area contributed by atoms with E-state index in [1.54, 1.807) is 12.1 Å². The van der Waals surface area contributed by atoms with E-state index in [0.717, 1.165) is 15.4 Å². The van der Waals surface area contributed by atoms with Gasteiger partial charge in [0, 0.05) is 10.4 Å². The zero-order chi connectivity index (χ0) is 21.5. The molecular weight excluding hydrogens is 422 g/mol. The fourth-order valence-corrected chi connectivity index (χ4v) is 3.93. The van der Waals surface area contributed by atoms with E-state index in [4.69, 9.17) is 21.1 Å². The number of amides is 1. The van der Waals surface area contributed by atoms with Crippen LogP contribution >= 0.6 is 22.9 Å². The Labute approximate surface area is 184 Å². The van der Waals surface area contributed by atoms with Gasteiger partial charge < -0.3 is 9.47 Å². The van der Waals surface area contributed by atoms with Crippen molar-refractivity contribution in [2.24, 2.45) is 5.10 Å². The zero-order valence-electron chi connectivity index (χ0n) is 16.9. The molecule has 0 aliphatic rings. The molecule has 30 heavy (non-hydrogen) atoms. The molecule has 6 nitrogen and oxygen atoms in total. The summed E-state index contributed by atoms with van der Waals surface area (Å²) in [6.45, 7) is 6.57. The van der Waals surface area contributed by atoms with E-state index in [-0.39, 0.29) is 5.91 Å². The minimum atomic E-state index is -0.371. The molecule has 0 saturated carbocycles. The molecule has 1 amide bonds. The van der Waals surface area contributed by atoms with Crippen molar-refractivity contribution < 1.29 is 14.3 Å². The molecule has 8 heteroatoms. The summed E-state index contributed by atoms with van der Waals surface area (Å²) in [5.41, 5.74) is 4.53. The Morgan fingerprint density at radius 1 is 1.20 bits per heavy atom. The van der Waals surface area contributed by atoms with Crippen LogP contribution in [0.1, 0.15) is 34.8 Å². The molecular formula is C22H22ClN3O3S. The van der Waals surface area contributed by atoms with Crippen LogP contribution in [-0.4, -0.2) is 30.3 Å². The molecule has 3 aromatic rings. The molecule has 1 aromatic heterocycles. The number of nitrogens with zero attached hydrogens (tertiary/aromatic N) is 2. The molecule has 2 aromatic carbocycles. The first-order valence-electron chi connectivity index (χ1n) is 9.48. The summed E-state index contributed by atoms with van der Waals surface area (Å²) in [4.78, 5) is 17.8. The SMILES string of the molecule is CCOc1cc(/C=N\NC(=O)c2nc(-c3ccccc3)sc2C)cc(Cl)c1OCC. The number of carbonyl (C=O) groups is 1. The Hall–Kier alpha value is -2.90. The van der Waals surface area contributed by atoms with Gasteiger partial charge in [-0.05, 0) is 38.5 Å². The first-order chi connectivity index (χ1) is 14.5. The summed E-state index contributed by atoms with van der Waals surface area (Å²) in [5.74, 6) is 0.653. The van der Waals surface area contributed by atoms with Crippen molar-refractivity contribution in [2.75, 3.05) is 13.2 Å². The number of aromatic nitrogens is 1. The summed E-state index contributed by atoms with van der Waals surface area (Å²) in [6.07, 6.45) is 1.50. The first-order valence-corrected chi connectivity index (χ1v) is 10.7. The Bertz CT molecular complexity index is 1050. The second kappa shape index (κ2) is 10.2. The highest BCUT2D eigenvalue weighted by atomic mass is 35.5. The number of ether oxygens (including phenoxy) is 2. The lowest BCUT2D eigenvalue weighted by molar-refractivity contribution is 0.0950. The smallest absolute Gasteiger partial charge is 0.291 e. The van der Waals surface area contributed by atoms with Gasteiger partial charge in [0.25, 0.3) is 5.91 Å². The van der Waals surface area contributed by atoms with Crippen LogP contribution in [0.5, 0.6) is 11.5 Å². The number of carbonyl (C=O) groups excluding carboxylic acids is 1. The van der Waals surface area contributed by atoms with Gasteiger partial charge in [-0.15, -0.1) is 11.3 Å². The minimum absolute atomic E-state index is 0.357. The largest absolute Gasteiger partial charge is 0.490 e. The molecule has 0 unspecified atom stereocenters. The third-order valence-electron chi connectivity index (χ3n) is 4.03. The van der Waals surface area contributed by atoms with Crippen LogP contribution in [0.25, 0.3) is 10.6 Å². The fraction of sp³-hybridized carbons (Fsp3) is 0.227. The average molecular weight is 444 g/mol. The number of aryl methyl sites for hydroxylation is 1. The Morgan fingerprint density at radius 2 is 1.93 bits per heavy atom. The molecule has 156 valence electrons. The van der Waals surface area contributed by atoms with Gasteiger partial charge in [0.15, 0.2) is 11.5 Å². The third-order valence-corrected chi connectivity index (χ3v) is 5.33. The number of nitrogens with one attached hydrogen (secondary N) is 1. The molecule has 3 rings (SSSR count). The van der Waals surface area contributed by atoms with E-state index in [0.29, 0.717) is 41.0 Å². The summed E-state index contributed by atoms with van der Waals surface area (Å²) >= 11 is 7.78. The maximum atomic E-state index is 12.5. The minimum Gasteiger partial charge on any atom is -0.490 e. The lowest BCUT2D eigenvalue weighted by Gasteiger charge is -2.13. The molecule has 1 N–H and O–H groups in total. The van der Waals surface area contributed by atoms with Crippen molar-refractivity contribution in [1.82, 2.24) is 10.4 Å². The van der Waals surface area contributed by atoms with Crippen molar-refractivity contribution in [1.29, 1.82) is 0 Å². The monoisotopic (exact) mass is 443 g/mol. The van der Waals surface area contributed by atoms with Gasteiger partial charge in [-0.2, -0.15) is 5.10 Å². The van der Waals surface area contributed by atoms with Crippen molar-refractivity contribution >= 4 is 35.1 Å². The molecule has 0 fully saturated rings. The van der Waals surface area contributed by atoms with Crippen LogP contribution in [0.2, 0.25) is 5.02 Å². The van der Waals surface area contributed by atoms with Gasteiger partial charge in [-0.1, -0.05) is 41.9 Å². The molecule has 0 spiro atoms. The fourth-order valence-electron chi connectivity index (χ4n) is 2.74. The Balaban J connectivity index is 1.74. The molecule has 0 aliphatic carbocycles. The second-order valence-corrected chi connectivity index (χ2v) is 7.80. The van der Waals surface area contributed by atoms with Crippen molar-refractivity contribution in [3.05, 3.63) is 63.6 Å². The second-order valence-electron chi connectivity index (χ2n) is 6.18. The predicted molar refractivity (Wildman–Crippen MR) is 121 cm³/mol. The number of thiazole rings is 1. The average Bonchev–Trinajstić information content (AvgIpc) is 3.13. The quantitative estimate of drug-likeness (QED) is 0.377. The van der Waals surface area contributed by atoms with E-state index in [9.17, 15) is 4.79 Å². The van der Waals surface area contributed by atoms with Crippen molar-refractivity contribution in [2.45, 2.75) is 20.8 Å². The highest BCUT2D eigenvalue weighted by Crippen LogP contribution is 2.36. The first kappa shape index (κ1) is 21.8. The number of hydrogen-bond acceptors (Lipinski definition) is 6. The van der Waals surface area contributed by atoms with Crippen LogP contribution in [0.3, 0.4) is 0 Å². The Morgan fingerprint density at radius 3 is 2.63 bits per heavy atom. The van der Waals surface area contributed by atoms with E-state index in [1.165, 1.54) is 17.6 Å². The predicted octanol–water partition coefficient (Wildman–Crippen LogP) is 5.33. The summed E-state index contributed by atoms with van der Waals surface area (Å²) in [6, 6.07) is 13.2. The van der Waals surface area contributed by atoms with Gasteiger partial charge in [0.2, 0.25) is 0 Å². The zero-order valence-corrected chi connectivity index (χ0v) is 18.5. The van der Waals surface area contributed by atoms with Crippen LogP contribution < -0.4 is 14.9 Å². The molecule has 0 radical (unpaired) electrons. The van der Waals surface area contributed by atoms with Crippen LogP contribution in [0, 0.1) is 6.92 Å². The van der Waals surface area contributed by atoms with Gasteiger partial charge in [0.05, 0.1) is 24.5 Å². The molecule has 0 bridgehead atoms. The Kier molecular flexibility index (Phi) is 7.43. The summed E-state index contributed by atoms with van der Waals surface area (Å²) < 4.78 is 11.2. The normalized spacial score (nSPS) is 10.9. The van der Waals surface area contributed by atoms with E-state index >= 15 is 0 Å². The maximum absolute atomic E-state index is 12.5. The molecule has 1 heterocycles. The van der Waals surface area contributed by atoms with E-state index in [1.807, 2.05) is 51.1 Å².